The number of anilines is 1. The number of aliphatic carboxylic acids is 1. The van der Waals surface area contributed by atoms with Crippen LogP contribution in [0.4, 0.5) is 24.5 Å². The number of carboxylic acids is 2. The van der Waals surface area contributed by atoms with Crippen LogP contribution >= 0.6 is 30.6 Å². The zero-order valence-corrected chi connectivity index (χ0v) is 32.2. The molecule has 20 heteroatoms. The molecule has 0 saturated heterocycles. The van der Waals surface area contributed by atoms with E-state index in [4.69, 9.17) is 53.5 Å². The molecular formula is C34H41Cl2F3N3O11P. The number of hydrogen-bond acceptors (Lipinski definition) is 9. The Hall–Kier alpha value is -4.25. The van der Waals surface area contributed by atoms with Crippen LogP contribution in [0, 0.1) is 17.0 Å². The van der Waals surface area contributed by atoms with Crippen molar-refractivity contribution in [3.63, 3.8) is 0 Å². The molecule has 0 aliphatic rings. The minimum absolute atomic E-state index is 0.0223. The summed E-state index contributed by atoms with van der Waals surface area (Å²) in [4.78, 5) is 53.8. The number of methoxy groups -OCH3 is 1. The number of amides is 1. The number of halogens is 5. The van der Waals surface area contributed by atoms with E-state index in [9.17, 15) is 42.2 Å². The molecule has 0 fully saturated rings. The molecular weight excluding hydrogens is 785 g/mol. The Morgan fingerprint density at radius 2 is 1.74 bits per heavy atom. The highest BCUT2D eigenvalue weighted by molar-refractivity contribution is 7.57. The van der Waals surface area contributed by atoms with Crippen molar-refractivity contribution in [3.8, 4) is 11.5 Å². The second kappa shape index (κ2) is 21.6. The highest BCUT2D eigenvalue weighted by Crippen LogP contribution is 2.38. The number of ether oxygens (including phenoxy) is 2. The number of para-hydroxylation sites is 1. The molecule has 298 valence electrons. The van der Waals surface area contributed by atoms with E-state index in [0.717, 1.165) is 53.6 Å². The zero-order chi connectivity index (χ0) is 41.6. The van der Waals surface area contributed by atoms with Gasteiger partial charge in [-0.1, -0.05) is 36.7 Å². The first-order chi connectivity index (χ1) is 25.0. The van der Waals surface area contributed by atoms with Gasteiger partial charge in [0.2, 0.25) is 5.91 Å². The monoisotopic (exact) mass is 825 g/mol. The second-order valence-corrected chi connectivity index (χ2v) is 14.9. The van der Waals surface area contributed by atoms with Crippen molar-refractivity contribution in [2.75, 3.05) is 37.3 Å². The molecule has 0 spiro atoms. The van der Waals surface area contributed by atoms with Gasteiger partial charge in [-0.2, -0.15) is 13.2 Å². The number of carbonyl (C=O) groups is 3. The fourth-order valence-corrected chi connectivity index (χ4v) is 5.72. The molecule has 0 aliphatic heterocycles. The number of nitro groups is 1. The van der Waals surface area contributed by atoms with Gasteiger partial charge in [0.1, 0.15) is 29.0 Å². The van der Waals surface area contributed by atoms with E-state index in [1.165, 1.54) is 6.66 Å². The summed E-state index contributed by atoms with van der Waals surface area (Å²) in [5.41, 5.74) is 6.06. The standard InChI is InChI=1S/C15H22ClNO2.C14H7ClF3NO5.C5H12NO4P/c1-5-13-8-6-7-11(2)15(13)17(14(18)9-16)12(3)10-19-4;15-10-5-7(14(16,17)18)1-4-12(10)24-8-2-3-11(19(22)23)9(6-8)13(20)21;1-11(9,10)3-2-4(6)5(7)8/h6-8,12H,5,9-10H2,1-4H3;1-6H,(H,20,21);4H,2-3,6H2,1H3,(H,7,8)(H,9,10). The Labute approximate surface area is 319 Å². The molecule has 3 unspecified atom stereocenters. The molecule has 3 aromatic carbocycles. The van der Waals surface area contributed by atoms with Gasteiger partial charge in [-0.25, -0.2) is 4.79 Å². The average Bonchev–Trinajstić information content (AvgIpc) is 3.08. The van der Waals surface area contributed by atoms with Crippen LogP contribution in [0.1, 0.15) is 47.3 Å². The quantitative estimate of drug-likeness (QED) is 0.0534. The zero-order valence-electron chi connectivity index (χ0n) is 29.8. The molecule has 0 bridgehead atoms. The van der Waals surface area contributed by atoms with E-state index < -0.39 is 53.3 Å². The lowest BCUT2D eigenvalue weighted by Crippen LogP contribution is -2.43. The predicted octanol–water partition coefficient (Wildman–Crippen LogP) is 7.61. The Kier molecular flexibility index (Phi) is 19.1. The Bertz CT molecular complexity index is 1830. The number of carbonyl (C=O) groups excluding carboxylic acids is 1. The van der Waals surface area contributed by atoms with Crippen LogP contribution in [0.3, 0.4) is 0 Å². The maximum Gasteiger partial charge on any atom is 0.416 e. The van der Waals surface area contributed by atoms with Gasteiger partial charge >= 0.3 is 18.1 Å². The van der Waals surface area contributed by atoms with Gasteiger partial charge in [-0.15, -0.1) is 11.6 Å². The van der Waals surface area contributed by atoms with Crippen molar-refractivity contribution < 1.29 is 61.6 Å². The minimum Gasteiger partial charge on any atom is -0.480 e. The first-order valence-electron chi connectivity index (χ1n) is 15.8. The van der Waals surface area contributed by atoms with Gasteiger partial charge in [0.05, 0.1) is 33.8 Å². The molecule has 3 atom stereocenters. The van der Waals surface area contributed by atoms with Crippen molar-refractivity contribution in [2.45, 2.75) is 51.9 Å². The van der Waals surface area contributed by atoms with Crippen molar-refractivity contribution >= 4 is 59.8 Å². The smallest absolute Gasteiger partial charge is 0.416 e. The minimum atomic E-state index is -4.58. The molecule has 3 rings (SSSR count). The van der Waals surface area contributed by atoms with Crippen molar-refractivity contribution in [2.24, 2.45) is 5.73 Å². The maximum atomic E-state index is 12.6. The van der Waals surface area contributed by atoms with Gasteiger partial charge in [-0.3, -0.25) is 24.3 Å². The Morgan fingerprint density at radius 1 is 1.11 bits per heavy atom. The third-order valence-electron chi connectivity index (χ3n) is 7.23. The predicted molar refractivity (Wildman–Crippen MR) is 198 cm³/mol. The normalized spacial score (nSPS) is 13.1. The number of nitrogens with zero attached hydrogens (tertiary/aromatic N) is 2. The third-order valence-corrected chi connectivity index (χ3v) is 8.84. The van der Waals surface area contributed by atoms with Gasteiger partial charge in [0, 0.05) is 32.1 Å². The molecule has 54 heavy (non-hydrogen) atoms. The molecule has 5 N–H and O–H groups in total. The number of hydrogen-bond donors (Lipinski definition) is 4. The van der Waals surface area contributed by atoms with Gasteiger partial charge < -0.3 is 35.2 Å². The number of benzene rings is 3. The number of nitro benzene ring substituents is 1. The summed E-state index contributed by atoms with van der Waals surface area (Å²) in [7, 11) is -1.47. The summed E-state index contributed by atoms with van der Waals surface area (Å²) >= 11 is 11.5. The molecule has 0 aliphatic carbocycles. The maximum absolute atomic E-state index is 12.6. The molecule has 0 saturated carbocycles. The van der Waals surface area contributed by atoms with Crippen molar-refractivity contribution in [1.29, 1.82) is 0 Å². The Balaban J connectivity index is 0.000000434. The Morgan fingerprint density at radius 3 is 2.20 bits per heavy atom. The van der Waals surface area contributed by atoms with Crippen LogP contribution in [0.25, 0.3) is 0 Å². The van der Waals surface area contributed by atoms with Crippen molar-refractivity contribution in [1.82, 2.24) is 0 Å². The van der Waals surface area contributed by atoms with E-state index in [1.807, 2.05) is 26.0 Å². The van der Waals surface area contributed by atoms with Crippen LogP contribution in [0.15, 0.2) is 54.6 Å². The number of carboxylic acid groups (broad SMARTS) is 2. The molecule has 3 aromatic rings. The van der Waals surface area contributed by atoms with Gasteiger partial charge in [0.15, 0.2) is 7.37 Å². The summed E-state index contributed by atoms with van der Waals surface area (Å²) < 4.78 is 58.7. The van der Waals surface area contributed by atoms with Crippen LogP contribution in [-0.4, -0.2) is 82.4 Å². The topological polar surface area (TPSA) is 220 Å². The van der Waals surface area contributed by atoms with E-state index in [2.05, 4.69) is 13.0 Å². The lowest BCUT2D eigenvalue weighted by Gasteiger charge is -2.31. The summed E-state index contributed by atoms with van der Waals surface area (Å²) in [6.07, 6.45) is -3.70. The first kappa shape index (κ1) is 47.8. The number of nitrogens with two attached hydrogens (primary N) is 1. The average molecular weight is 827 g/mol. The number of aryl methyl sites for hydroxylation is 2. The van der Waals surface area contributed by atoms with Gasteiger partial charge in [-0.05, 0) is 62.1 Å². The fraction of sp³-hybridized carbons (Fsp3) is 0.382. The van der Waals surface area contributed by atoms with Crippen LogP contribution in [-0.2, 0) is 31.5 Å². The lowest BCUT2D eigenvalue weighted by molar-refractivity contribution is -0.385. The van der Waals surface area contributed by atoms with E-state index in [-0.39, 0.29) is 46.9 Å². The summed E-state index contributed by atoms with van der Waals surface area (Å²) in [5.74, 6) is -3.08. The number of rotatable bonds is 14. The van der Waals surface area contributed by atoms with E-state index >= 15 is 0 Å². The lowest BCUT2D eigenvalue weighted by atomic mass is 10.0. The molecule has 0 heterocycles. The van der Waals surface area contributed by atoms with Gasteiger partial charge in [0.25, 0.3) is 5.69 Å². The van der Waals surface area contributed by atoms with Crippen LogP contribution in [0.5, 0.6) is 11.5 Å². The number of alkyl halides is 4. The highest BCUT2D eigenvalue weighted by atomic mass is 35.5. The highest BCUT2D eigenvalue weighted by Gasteiger charge is 2.31. The van der Waals surface area contributed by atoms with Crippen molar-refractivity contribution in [3.05, 3.63) is 92.0 Å². The SMILES string of the molecule is CCc1cccc(C)c1N(C(=O)CCl)C(C)COC.CP(=O)(O)CCC(N)C(=O)O.O=C(O)c1cc(Oc2ccc(C(F)(F)F)cc2Cl)ccc1[N+](=O)[O-]. The largest absolute Gasteiger partial charge is 0.480 e. The van der Waals surface area contributed by atoms with E-state index in [0.29, 0.717) is 12.7 Å². The third kappa shape index (κ3) is 15.2. The van der Waals surface area contributed by atoms with E-state index in [1.54, 1.807) is 12.0 Å². The van der Waals surface area contributed by atoms with Crippen LogP contribution in [0.2, 0.25) is 5.02 Å². The summed E-state index contributed by atoms with van der Waals surface area (Å²) in [5, 5.41) is 27.7. The summed E-state index contributed by atoms with van der Waals surface area (Å²) in [6, 6.07) is 10.3. The number of aromatic carboxylic acids is 1. The fourth-order valence-electron chi connectivity index (χ4n) is 4.62. The molecule has 14 nitrogen and oxygen atoms in total. The molecule has 0 radical (unpaired) electrons. The molecule has 1 amide bonds. The van der Waals surface area contributed by atoms with Crippen LogP contribution < -0.4 is 15.4 Å². The molecule has 0 aromatic heterocycles. The summed E-state index contributed by atoms with van der Waals surface area (Å²) in [6.45, 7) is 7.74. The second-order valence-electron chi connectivity index (χ2n) is 11.6. The first-order valence-corrected chi connectivity index (χ1v) is 19.0.